The lowest BCUT2D eigenvalue weighted by molar-refractivity contribution is 0.177. The smallest absolute Gasteiger partial charge is 0.119 e. The number of methoxy groups -OCH3 is 1. The van der Waals surface area contributed by atoms with E-state index in [0.717, 1.165) is 10.8 Å². The highest BCUT2D eigenvalue weighted by Crippen LogP contribution is 2.16. The van der Waals surface area contributed by atoms with Crippen LogP contribution in [0.3, 0.4) is 0 Å². The van der Waals surface area contributed by atoms with Crippen LogP contribution in [-0.4, -0.2) is 14.2 Å². The van der Waals surface area contributed by atoms with E-state index >= 15 is 0 Å². The Kier molecular flexibility index (Phi) is 2.33. The van der Waals surface area contributed by atoms with Crippen LogP contribution >= 0.6 is 0 Å². The van der Waals surface area contributed by atoms with Crippen molar-refractivity contribution in [1.82, 2.24) is 0 Å². The van der Waals surface area contributed by atoms with Crippen LogP contribution in [0.4, 0.5) is 5.69 Å². The molecule has 0 fully saturated rings. The van der Waals surface area contributed by atoms with Gasteiger partial charge in [-0.3, -0.25) is 0 Å². The lowest BCUT2D eigenvalue weighted by Crippen LogP contribution is -2.06. The number of rotatable bonds is 2. The van der Waals surface area contributed by atoms with Gasteiger partial charge in [-0.25, -0.2) is 5.06 Å². The predicted octanol–water partition coefficient (Wildman–Crippen LogP) is 1.48. The molecular weight excluding hydrogens is 142 g/mol. The van der Waals surface area contributed by atoms with Crippen molar-refractivity contribution < 1.29 is 9.94 Å². The minimum Gasteiger partial charge on any atom is -0.497 e. The number of hydroxylamine groups is 1. The highest BCUT2D eigenvalue weighted by atomic mass is 16.5. The van der Waals surface area contributed by atoms with E-state index in [4.69, 9.17) is 4.74 Å². The first-order valence-electron chi connectivity index (χ1n) is 3.29. The minimum absolute atomic E-state index is 0.630. The van der Waals surface area contributed by atoms with Crippen molar-refractivity contribution in [1.29, 1.82) is 0 Å². The summed E-state index contributed by atoms with van der Waals surface area (Å²) in [6, 6.07) is 6.94. The van der Waals surface area contributed by atoms with Gasteiger partial charge in [0, 0.05) is 7.05 Å². The molecule has 59 valence electrons. The summed E-state index contributed by atoms with van der Waals surface area (Å²) in [6.07, 6.45) is 0. The fourth-order valence-corrected chi connectivity index (χ4v) is 0.792. The molecule has 0 amide bonds. The summed E-state index contributed by atoms with van der Waals surface area (Å²) in [6.45, 7) is 0. The molecule has 0 aliphatic rings. The molecule has 1 radical (unpaired) electrons. The number of benzene rings is 1. The van der Waals surface area contributed by atoms with Gasteiger partial charge < -0.3 is 4.74 Å². The molecule has 1 aromatic carbocycles. The zero-order valence-corrected chi connectivity index (χ0v) is 6.57. The molecule has 0 aliphatic heterocycles. The third-order valence-corrected chi connectivity index (χ3v) is 1.44. The van der Waals surface area contributed by atoms with Crippen LogP contribution in [0.15, 0.2) is 24.3 Å². The largest absolute Gasteiger partial charge is 0.497 e. The summed E-state index contributed by atoms with van der Waals surface area (Å²) in [5.41, 5.74) is 0.630. The standard InChI is InChI=1S/C8H10NO2/c1-9(10)7-3-5-8(11-2)6-4-7/h3-6H,1-2H3. The van der Waals surface area contributed by atoms with E-state index in [1.54, 1.807) is 31.4 Å². The molecule has 0 unspecified atom stereocenters. The van der Waals surface area contributed by atoms with Crippen LogP contribution in [0.1, 0.15) is 0 Å². The van der Waals surface area contributed by atoms with Gasteiger partial charge in [0.15, 0.2) is 0 Å². The normalized spacial score (nSPS) is 9.36. The van der Waals surface area contributed by atoms with Crippen LogP contribution < -0.4 is 9.80 Å². The lowest BCUT2D eigenvalue weighted by atomic mass is 10.3. The fraction of sp³-hybridized carbons (Fsp3) is 0.250. The number of hydrogen-bond acceptors (Lipinski definition) is 2. The number of hydrogen-bond donors (Lipinski definition) is 0. The van der Waals surface area contributed by atoms with E-state index in [1.807, 2.05) is 0 Å². The van der Waals surface area contributed by atoms with Crippen molar-refractivity contribution in [2.24, 2.45) is 0 Å². The van der Waals surface area contributed by atoms with E-state index in [0.29, 0.717) is 5.69 Å². The van der Waals surface area contributed by atoms with E-state index in [1.165, 1.54) is 7.05 Å². The van der Waals surface area contributed by atoms with Crippen LogP contribution in [0.2, 0.25) is 0 Å². The van der Waals surface area contributed by atoms with Gasteiger partial charge in [-0.1, -0.05) is 5.21 Å². The van der Waals surface area contributed by atoms with E-state index < -0.39 is 0 Å². The third-order valence-electron chi connectivity index (χ3n) is 1.44. The molecule has 0 saturated heterocycles. The first-order valence-corrected chi connectivity index (χ1v) is 3.29. The second-order valence-corrected chi connectivity index (χ2v) is 2.20. The second-order valence-electron chi connectivity index (χ2n) is 2.20. The summed E-state index contributed by atoms with van der Waals surface area (Å²) in [5, 5.41) is 11.5. The van der Waals surface area contributed by atoms with E-state index in [9.17, 15) is 5.21 Å². The first-order chi connectivity index (χ1) is 5.24. The summed E-state index contributed by atoms with van der Waals surface area (Å²) >= 11 is 0. The molecule has 0 saturated carbocycles. The Bertz CT molecular complexity index is 218. The van der Waals surface area contributed by atoms with Crippen molar-refractivity contribution >= 4 is 5.69 Å². The topological polar surface area (TPSA) is 32.4 Å². The minimum atomic E-state index is 0.630. The van der Waals surface area contributed by atoms with Gasteiger partial charge >= 0.3 is 0 Å². The summed E-state index contributed by atoms with van der Waals surface area (Å²) in [7, 11) is 3.05. The molecule has 0 aliphatic carbocycles. The van der Waals surface area contributed by atoms with Gasteiger partial charge in [0.1, 0.15) is 5.75 Å². The molecule has 0 spiro atoms. The second kappa shape index (κ2) is 3.25. The summed E-state index contributed by atoms with van der Waals surface area (Å²) in [5.74, 6) is 0.760. The van der Waals surface area contributed by atoms with Crippen LogP contribution in [0, 0.1) is 0 Å². The molecule has 0 bridgehead atoms. The van der Waals surface area contributed by atoms with Gasteiger partial charge in [0.05, 0.1) is 12.8 Å². The summed E-state index contributed by atoms with van der Waals surface area (Å²) < 4.78 is 4.93. The highest BCUT2D eigenvalue weighted by molar-refractivity contribution is 5.45. The molecular formula is C8H10NO2. The molecule has 3 nitrogen and oxygen atoms in total. The molecule has 1 aromatic rings. The van der Waals surface area contributed by atoms with Crippen molar-refractivity contribution in [2.45, 2.75) is 0 Å². The average molecular weight is 152 g/mol. The Balaban J connectivity index is 2.83. The number of ether oxygens (including phenoxy) is 1. The van der Waals surface area contributed by atoms with Crippen molar-refractivity contribution in [3.8, 4) is 5.75 Å². The number of anilines is 1. The Hall–Kier alpha value is -1.22. The van der Waals surface area contributed by atoms with Crippen molar-refractivity contribution in [2.75, 3.05) is 19.2 Å². The maximum absolute atomic E-state index is 10.7. The fourth-order valence-electron chi connectivity index (χ4n) is 0.792. The van der Waals surface area contributed by atoms with E-state index in [-0.39, 0.29) is 0 Å². The molecule has 1 rings (SSSR count). The molecule has 3 heteroatoms. The molecule has 0 N–H and O–H groups in total. The van der Waals surface area contributed by atoms with Gasteiger partial charge in [-0.2, -0.15) is 0 Å². The van der Waals surface area contributed by atoms with Gasteiger partial charge in [-0.05, 0) is 24.3 Å². The molecule has 0 heterocycles. The monoisotopic (exact) mass is 152 g/mol. The third kappa shape index (κ3) is 1.85. The zero-order chi connectivity index (χ0) is 8.27. The maximum atomic E-state index is 10.7. The Labute approximate surface area is 65.8 Å². The van der Waals surface area contributed by atoms with Crippen LogP contribution in [0.25, 0.3) is 0 Å². The van der Waals surface area contributed by atoms with E-state index in [2.05, 4.69) is 0 Å². The Morgan fingerprint density at radius 2 is 1.82 bits per heavy atom. The average Bonchev–Trinajstić information content (AvgIpc) is 2.05. The van der Waals surface area contributed by atoms with Gasteiger partial charge in [-0.15, -0.1) is 0 Å². The zero-order valence-electron chi connectivity index (χ0n) is 6.57. The highest BCUT2D eigenvalue weighted by Gasteiger charge is 1.96. The van der Waals surface area contributed by atoms with Crippen LogP contribution in [0.5, 0.6) is 5.75 Å². The quantitative estimate of drug-likeness (QED) is 0.601. The van der Waals surface area contributed by atoms with Crippen molar-refractivity contribution in [3.63, 3.8) is 0 Å². The SMILES string of the molecule is COc1ccc(N(C)[O])cc1. The molecule has 0 atom stereocenters. The number of nitrogens with zero attached hydrogens (tertiary/aromatic N) is 1. The first kappa shape index (κ1) is 7.88. The molecule has 11 heavy (non-hydrogen) atoms. The predicted molar refractivity (Wildman–Crippen MR) is 42.1 cm³/mol. The van der Waals surface area contributed by atoms with Gasteiger partial charge in [0.2, 0.25) is 0 Å². The van der Waals surface area contributed by atoms with Crippen molar-refractivity contribution in [3.05, 3.63) is 24.3 Å². The maximum Gasteiger partial charge on any atom is 0.119 e. The summed E-state index contributed by atoms with van der Waals surface area (Å²) in [4.78, 5) is 0. The lowest BCUT2D eigenvalue weighted by Gasteiger charge is -2.07. The van der Waals surface area contributed by atoms with Gasteiger partial charge in [0.25, 0.3) is 0 Å². The Morgan fingerprint density at radius 3 is 2.18 bits per heavy atom. The van der Waals surface area contributed by atoms with Crippen LogP contribution in [-0.2, 0) is 5.21 Å². The molecule has 0 aromatic heterocycles. The Morgan fingerprint density at radius 1 is 1.27 bits per heavy atom.